The number of aromatic nitrogens is 2. The summed E-state index contributed by atoms with van der Waals surface area (Å²) in [5, 5.41) is 2.95. The molecule has 1 aliphatic heterocycles. The lowest BCUT2D eigenvalue weighted by molar-refractivity contribution is 0.0117. The predicted molar refractivity (Wildman–Crippen MR) is 122 cm³/mol. The molecule has 1 N–H and O–H groups in total. The van der Waals surface area contributed by atoms with Crippen molar-refractivity contribution in [3.8, 4) is 10.4 Å². The van der Waals surface area contributed by atoms with Crippen molar-refractivity contribution < 1.29 is 31.9 Å². The van der Waals surface area contributed by atoms with Crippen molar-refractivity contribution in [1.82, 2.24) is 14.9 Å². The molecule has 1 unspecified atom stereocenters. The van der Waals surface area contributed by atoms with Crippen molar-refractivity contribution in [2.75, 3.05) is 18.5 Å². The van der Waals surface area contributed by atoms with Gasteiger partial charge in [-0.3, -0.25) is 4.79 Å². The Morgan fingerprint density at radius 2 is 2.06 bits per heavy atom. The molecule has 0 spiro atoms. The van der Waals surface area contributed by atoms with E-state index in [4.69, 9.17) is 4.74 Å². The van der Waals surface area contributed by atoms with E-state index in [2.05, 4.69) is 15.3 Å². The topological polar surface area (TPSA) is 84.4 Å². The standard InChI is InChI=1S/C23H26F4N4O3S/c1-4-34-21(33)19-29-16(20(32)31-11-23(26,27)9-12(31)2)17(35-19)14-10-28-15(8-13(14)18(24)25)30-22(3)6-5-7-22/h8,10,12,18H,4-7,9,11H2,1-3H3,(H,28,30). The number of nitrogens with zero attached hydrogens (tertiary/aromatic N) is 3. The average molecular weight is 515 g/mol. The van der Waals surface area contributed by atoms with Gasteiger partial charge >= 0.3 is 5.97 Å². The molecule has 0 aromatic carbocycles. The highest BCUT2D eigenvalue weighted by atomic mass is 32.1. The van der Waals surface area contributed by atoms with Crippen molar-refractivity contribution in [3.63, 3.8) is 0 Å². The third-order valence-electron chi connectivity index (χ3n) is 6.37. The van der Waals surface area contributed by atoms with Gasteiger partial charge in [0.2, 0.25) is 5.01 Å². The molecule has 1 saturated carbocycles. The Bertz CT molecular complexity index is 1140. The molecule has 7 nitrogen and oxygen atoms in total. The monoisotopic (exact) mass is 514 g/mol. The molecule has 2 aromatic heterocycles. The molecule has 1 atom stereocenters. The van der Waals surface area contributed by atoms with Crippen LogP contribution in [0.4, 0.5) is 23.4 Å². The number of hydrogen-bond donors (Lipinski definition) is 1. The number of carbonyl (C=O) groups excluding carboxylic acids is 2. The fraction of sp³-hybridized carbons (Fsp3) is 0.565. The minimum Gasteiger partial charge on any atom is -0.461 e. The van der Waals surface area contributed by atoms with Gasteiger partial charge in [0.15, 0.2) is 0 Å². The van der Waals surface area contributed by atoms with E-state index in [0.717, 1.165) is 24.2 Å². The third-order valence-corrected chi connectivity index (χ3v) is 7.44. The molecule has 1 aliphatic carbocycles. The number of hydrogen-bond acceptors (Lipinski definition) is 7. The summed E-state index contributed by atoms with van der Waals surface area (Å²) in [4.78, 5) is 34.8. The van der Waals surface area contributed by atoms with Crippen LogP contribution < -0.4 is 5.32 Å². The number of halogens is 4. The summed E-state index contributed by atoms with van der Waals surface area (Å²) < 4.78 is 61.2. The largest absolute Gasteiger partial charge is 0.461 e. The van der Waals surface area contributed by atoms with Gasteiger partial charge in [0.1, 0.15) is 11.5 Å². The van der Waals surface area contributed by atoms with E-state index in [1.54, 1.807) is 6.92 Å². The van der Waals surface area contributed by atoms with Gasteiger partial charge < -0.3 is 15.0 Å². The summed E-state index contributed by atoms with van der Waals surface area (Å²) >= 11 is 0.701. The Morgan fingerprint density at radius 3 is 2.60 bits per heavy atom. The quantitative estimate of drug-likeness (QED) is 0.386. The van der Waals surface area contributed by atoms with Crippen molar-refractivity contribution in [2.45, 2.75) is 70.4 Å². The number of nitrogens with one attached hydrogen (secondary N) is 1. The molecule has 35 heavy (non-hydrogen) atoms. The summed E-state index contributed by atoms with van der Waals surface area (Å²) in [5.41, 5.74) is -1.07. The van der Waals surface area contributed by atoms with E-state index < -0.39 is 48.8 Å². The van der Waals surface area contributed by atoms with Crippen LogP contribution in [0.25, 0.3) is 10.4 Å². The van der Waals surface area contributed by atoms with Crippen LogP contribution in [0.3, 0.4) is 0 Å². The first-order chi connectivity index (χ1) is 16.4. The number of alkyl halides is 4. The second kappa shape index (κ2) is 9.36. The smallest absolute Gasteiger partial charge is 0.367 e. The van der Waals surface area contributed by atoms with Crippen molar-refractivity contribution >= 4 is 29.0 Å². The van der Waals surface area contributed by atoms with E-state index in [-0.39, 0.29) is 39.1 Å². The Hall–Kier alpha value is -2.76. The van der Waals surface area contributed by atoms with Crippen LogP contribution >= 0.6 is 11.3 Å². The summed E-state index contributed by atoms with van der Waals surface area (Å²) in [6, 6.07) is 0.425. The van der Waals surface area contributed by atoms with Gasteiger partial charge in [-0.05, 0) is 46.1 Å². The number of anilines is 1. The molecular formula is C23H26F4N4O3S. The minimum atomic E-state index is -3.07. The maximum absolute atomic E-state index is 14.1. The first-order valence-corrected chi connectivity index (χ1v) is 12.2. The van der Waals surface area contributed by atoms with Crippen molar-refractivity contribution in [3.05, 3.63) is 28.5 Å². The van der Waals surface area contributed by atoms with Crippen molar-refractivity contribution in [2.24, 2.45) is 0 Å². The number of likely N-dealkylation sites (tertiary alicyclic amines) is 1. The first-order valence-electron chi connectivity index (χ1n) is 11.4. The summed E-state index contributed by atoms with van der Waals surface area (Å²) in [5.74, 6) is -4.50. The van der Waals surface area contributed by atoms with Crippen LogP contribution in [-0.2, 0) is 4.74 Å². The molecule has 2 aromatic rings. The van der Waals surface area contributed by atoms with Gasteiger partial charge in [0, 0.05) is 35.3 Å². The number of carbonyl (C=O) groups is 2. The van der Waals surface area contributed by atoms with Gasteiger partial charge in [-0.1, -0.05) is 0 Å². The Labute approximate surface area is 203 Å². The molecule has 1 saturated heterocycles. The SMILES string of the molecule is CCOC(=O)c1nc(C(=O)N2CC(F)(F)CC2C)c(-c2cnc(NC3(C)CCC3)cc2C(F)F)s1. The molecular weight excluding hydrogens is 488 g/mol. The Morgan fingerprint density at radius 1 is 1.34 bits per heavy atom. The van der Waals surface area contributed by atoms with Crippen LogP contribution in [0, 0.1) is 0 Å². The highest BCUT2D eigenvalue weighted by molar-refractivity contribution is 7.17. The van der Waals surface area contributed by atoms with Crippen molar-refractivity contribution in [1.29, 1.82) is 0 Å². The van der Waals surface area contributed by atoms with E-state index in [1.165, 1.54) is 19.2 Å². The van der Waals surface area contributed by atoms with E-state index >= 15 is 0 Å². The predicted octanol–water partition coefficient (Wildman–Crippen LogP) is 5.54. The van der Waals surface area contributed by atoms with Crippen LogP contribution in [0.1, 0.15) is 78.7 Å². The van der Waals surface area contributed by atoms with Crippen LogP contribution in [0.5, 0.6) is 0 Å². The maximum Gasteiger partial charge on any atom is 0.367 e. The second-order valence-corrected chi connectivity index (χ2v) is 10.3. The number of esters is 1. The molecule has 190 valence electrons. The lowest BCUT2D eigenvalue weighted by atomic mass is 9.78. The lowest BCUT2D eigenvalue weighted by Crippen LogP contribution is -2.41. The molecule has 0 bridgehead atoms. The lowest BCUT2D eigenvalue weighted by Gasteiger charge is -2.39. The Balaban J connectivity index is 1.78. The Kier molecular flexibility index (Phi) is 6.78. The molecule has 2 aliphatic rings. The maximum atomic E-state index is 14.1. The number of thiazole rings is 1. The molecule has 3 heterocycles. The van der Waals surface area contributed by atoms with E-state index in [1.807, 2.05) is 6.92 Å². The zero-order valence-corrected chi connectivity index (χ0v) is 20.4. The molecule has 2 fully saturated rings. The zero-order chi connectivity index (χ0) is 25.5. The van der Waals surface area contributed by atoms with Gasteiger partial charge in [-0.15, -0.1) is 11.3 Å². The summed E-state index contributed by atoms with van der Waals surface area (Å²) in [6.07, 6.45) is 0.554. The highest BCUT2D eigenvalue weighted by Gasteiger charge is 2.46. The number of pyridine rings is 1. The van der Waals surface area contributed by atoms with Crippen LogP contribution in [-0.4, -0.2) is 57.4 Å². The first kappa shape index (κ1) is 25.3. The highest BCUT2D eigenvalue weighted by Crippen LogP contribution is 2.41. The molecule has 12 heteroatoms. The van der Waals surface area contributed by atoms with Gasteiger partial charge in [0.05, 0.1) is 18.0 Å². The van der Waals surface area contributed by atoms with E-state index in [9.17, 15) is 27.2 Å². The van der Waals surface area contributed by atoms with E-state index in [0.29, 0.717) is 11.3 Å². The second-order valence-electron chi connectivity index (χ2n) is 9.26. The third kappa shape index (κ3) is 5.12. The number of rotatable bonds is 7. The van der Waals surface area contributed by atoms with Crippen LogP contribution in [0.15, 0.2) is 12.3 Å². The van der Waals surface area contributed by atoms with Crippen LogP contribution in [0.2, 0.25) is 0 Å². The average Bonchev–Trinajstić information content (AvgIpc) is 3.32. The molecule has 4 rings (SSSR count). The minimum absolute atomic E-state index is 0.0371. The number of amides is 1. The summed E-state index contributed by atoms with van der Waals surface area (Å²) in [6.45, 7) is 4.26. The van der Waals surface area contributed by atoms with Gasteiger partial charge in [-0.25, -0.2) is 32.3 Å². The summed E-state index contributed by atoms with van der Waals surface area (Å²) in [7, 11) is 0. The van der Waals surface area contributed by atoms with Gasteiger partial charge in [-0.2, -0.15) is 0 Å². The molecule has 1 amide bonds. The number of ether oxygens (including phenoxy) is 1. The molecule has 0 radical (unpaired) electrons. The normalized spacial score (nSPS) is 20.6. The zero-order valence-electron chi connectivity index (χ0n) is 19.5. The fourth-order valence-electron chi connectivity index (χ4n) is 4.40. The van der Waals surface area contributed by atoms with Gasteiger partial charge in [0.25, 0.3) is 18.3 Å². The fourth-order valence-corrected chi connectivity index (χ4v) is 5.38.